The van der Waals surface area contributed by atoms with Crippen molar-refractivity contribution in [1.29, 1.82) is 0 Å². The first-order valence-corrected chi connectivity index (χ1v) is 10.4. The summed E-state index contributed by atoms with van der Waals surface area (Å²) in [6.07, 6.45) is 2.10. The lowest BCUT2D eigenvalue weighted by Crippen LogP contribution is -2.15. The minimum atomic E-state index is -0.202. The molecule has 0 aliphatic rings. The molecule has 1 amide bonds. The third kappa shape index (κ3) is 4.30. The van der Waals surface area contributed by atoms with Gasteiger partial charge in [0.1, 0.15) is 11.6 Å². The summed E-state index contributed by atoms with van der Waals surface area (Å²) in [5.74, 6) is 1.16. The summed E-state index contributed by atoms with van der Waals surface area (Å²) < 4.78 is 8.41. The van der Waals surface area contributed by atoms with Crippen molar-refractivity contribution in [3.8, 4) is 10.9 Å². The molecular formula is C22H22N4O2S. The molecule has 0 bridgehead atoms. The van der Waals surface area contributed by atoms with E-state index in [1.165, 1.54) is 11.3 Å². The van der Waals surface area contributed by atoms with Gasteiger partial charge in [-0.1, -0.05) is 36.8 Å². The van der Waals surface area contributed by atoms with E-state index in [1.807, 2.05) is 49.4 Å². The molecule has 0 unspecified atom stereocenters. The van der Waals surface area contributed by atoms with Gasteiger partial charge in [-0.05, 0) is 49.7 Å². The quantitative estimate of drug-likeness (QED) is 0.427. The lowest BCUT2D eigenvalue weighted by Gasteiger charge is -2.08. The average molecular weight is 407 g/mol. The van der Waals surface area contributed by atoms with E-state index in [2.05, 4.69) is 22.3 Å². The monoisotopic (exact) mass is 406 g/mol. The zero-order valence-electron chi connectivity index (χ0n) is 16.4. The van der Waals surface area contributed by atoms with Crippen LogP contribution in [-0.4, -0.2) is 27.3 Å². The highest BCUT2D eigenvalue weighted by atomic mass is 32.1. The maximum Gasteiger partial charge on any atom is 0.256 e. The predicted molar refractivity (Wildman–Crippen MR) is 116 cm³/mol. The topological polar surface area (TPSA) is 69.0 Å². The van der Waals surface area contributed by atoms with Crippen LogP contribution in [0, 0.1) is 6.92 Å². The van der Waals surface area contributed by atoms with Crippen molar-refractivity contribution in [1.82, 2.24) is 14.8 Å². The molecule has 148 valence electrons. The van der Waals surface area contributed by atoms with Gasteiger partial charge in [0.15, 0.2) is 0 Å². The SMILES string of the molecule is CCCCOc1ccc(C(=O)Nc2cc(C)nn2-c2nc3ccccc3s2)cc1. The Morgan fingerprint density at radius 2 is 1.97 bits per heavy atom. The van der Waals surface area contributed by atoms with Gasteiger partial charge in [-0.2, -0.15) is 9.78 Å². The summed E-state index contributed by atoms with van der Waals surface area (Å²) in [4.78, 5) is 17.4. The number of anilines is 1. The Morgan fingerprint density at radius 1 is 1.17 bits per heavy atom. The van der Waals surface area contributed by atoms with Crippen LogP contribution in [0.3, 0.4) is 0 Å². The van der Waals surface area contributed by atoms with Crippen molar-refractivity contribution in [2.24, 2.45) is 0 Å². The van der Waals surface area contributed by atoms with Crippen molar-refractivity contribution in [3.63, 3.8) is 0 Å². The maximum atomic E-state index is 12.7. The number of fused-ring (bicyclic) bond motifs is 1. The number of para-hydroxylation sites is 1. The van der Waals surface area contributed by atoms with Gasteiger partial charge in [-0.25, -0.2) is 4.98 Å². The van der Waals surface area contributed by atoms with Gasteiger partial charge in [0.25, 0.3) is 5.91 Å². The van der Waals surface area contributed by atoms with Crippen molar-refractivity contribution in [3.05, 3.63) is 65.9 Å². The van der Waals surface area contributed by atoms with Crippen LogP contribution in [0.15, 0.2) is 54.6 Å². The summed E-state index contributed by atoms with van der Waals surface area (Å²) in [7, 11) is 0. The molecule has 2 aromatic carbocycles. The number of carbonyl (C=O) groups is 1. The molecular weight excluding hydrogens is 384 g/mol. The molecule has 7 heteroatoms. The fourth-order valence-electron chi connectivity index (χ4n) is 2.91. The van der Waals surface area contributed by atoms with E-state index in [4.69, 9.17) is 4.74 Å². The number of ether oxygens (including phenoxy) is 1. The molecule has 4 rings (SSSR count). The molecule has 2 aromatic heterocycles. The molecule has 0 spiro atoms. The van der Waals surface area contributed by atoms with Crippen LogP contribution < -0.4 is 10.1 Å². The molecule has 6 nitrogen and oxygen atoms in total. The van der Waals surface area contributed by atoms with Gasteiger partial charge in [0.05, 0.1) is 22.5 Å². The van der Waals surface area contributed by atoms with Crippen LogP contribution in [0.2, 0.25) is 0 Å². The molecule has 0 aliphatic carbocycles. The molecule has 0 radical (unpaired) electrons. The van der Waals surface area contributed by atoms with Crippen LogP contribution >= 0.6 is 11.3 Å². The van der Waals surface area contributed by atoms with E-state index >= 15 is 0 Å². The van der Waals surface area contributed by atoms with E-state index in [0.717, 1.165) is 34.5 Å². The van der Waals surface area contributed by atoms with Gasteiger partial charge < -0.3 is 10.1 Å². The summed E-state index contributed by atoms with van der Waals surface area (Å²) >= 11 is 1.53. The van der Waals surface area contributed by atoms with Crippen LogP contribution in [0.1, 0.15) is 35.8 Å². The minimum Gasteiger partial charge on any atom is -0.494 e. The zero-order valence-corrected chi connectivity index (χ0v) is 17.2. The van der Waals surface area contributed by atoms with Gasteiger partial charge >= 0.3 is 0 Å². The number of thiazole rings is 1. The lowest BCUT2D eigenvalue weighted by atomic mass is 10.2. The average Bonchev–Trinajstić information content (AvgIpc) is 3.31. The number of carbonyl (C=O) groups excluding carboxylic acids is 1. The van der Waals surface area contributed by atoms with E-state index in [0.29, 0.717) is 23.1 Å². The molecule has 0 atom stereocenters. The van der Waals surface area contributed by atoms with Crippen LogP contribution in [-0.2, 0) is 0 Å². The Kier molecular flexibility index (Phi) is 5.57. The highest BCUT2D eigenvalue weighted by Gasteiger charge is 2.15. The maximum absolute atomic E-state index is 12.7. The largest absolute Gasteiger partial charge is 0.494 e. The first kappa shape index (κ1) is 19.1. The van der Waals surface area contributed by atoms with Crippen LogP contribution in [0.25, 0.3) is 15.3 Å². The summed E-state index contributed by atoms with van der Waals surface area (Å²) in [5.41, 5.74) is 2.28. The molecule has 1 N–H and O–H groups in total. The fraction of sp³-hybridized carbons (Fsp3) is 0.227. The third-order valence-electron chi connectivity index (χ3n) is 4.42. The van der Waals surface area contributed by atoms with E-state index in [9.17, 15) is 4.79 Å². The third-order valence-corrected chi connectivity index (χ3v) is 5.43. The second-order valence-corrected chi connectivity index (χ2v) is 7.74. The molecule has 0 saturated heterocycles. The van der Waals surface area contributed by atoms with Crippen molar-refractivity contribution in [2.75, 3.05) is 11.9 Å². The Labute approximate surface area is 173 Å². The minimum absolute atomic E-state index is 0.202. The molecule has 29 heavy (non-hydrogen) atoms. The summed E-state index contributed by atoms with van der Waals surface area (Å²) in [6, 6.07) is 16.9. The van der Waals surface area contributed by atoms with E-state index in [1.54, 1.807) is 16.8 Å². The standard InChI is InChI=1S/C22H22N4O2S/c1-3-4-13-28-17-11-9-16(10-12-17)21(27)24-20-14-15(2)25-26(20)22-23-18-7-5-6-8-19(18)29-22/h5-12,14H,3-4,13H2,1-2H3,(H,24,27). The molecule has 0 saturated carbocycles. The first-order valence-electron chi connectivity index (χ1n) is 9.61. The molecule has 0 aliphatic heterocycles. The number of hydrogen-bond acceptors (Lipinski definition) is 5. The number of nitrogens with one attached hydrogen (secondary N) is 1. The highest BCUT2D eigenvalue weighted by Crippen LogP contribution is 2.27. The van der Waals surface area contributed by atoms with Crippen LogP contribution in [0.4, 0.5) is 5.82 Å². The van der Waals surface area contributed by atoms with E-state index in [-0.39, 0.29) is 5.91 Å². The number of unbranched alkanes of at least 4 members (excludes halogenated alkanes) is 1. The number of benzene rings is 2. The number of rotatable bonds is 7. The Morgan fingerprint density at radius 3 is 2.72 bits per heavy atom. The number of aryl methyl sites for hydroxylation is 1. The number of amides is 1. The molecule has 4 aromatic rings. The van der Waals surface area contributed by atoms with Crippen molar-refractivity contribution >= 4 is 33.3 Å². The second kappa shape index (κ2) is 8.45. The van der Waals surface area contributed by atoms with Gasteiger partial charge in [0.2, 0.25) is 5.13 Å². The summed E-state index contributed by atoms with van der Waals surface area (Å²) in [6.45, 7) is 4.70. The smallest absolute Gasteiger partial charge is 0.256 e. The lowest BCUT2D eigenvalue weighted by molar-refractivity contribution is 0.102. The summed E-state index contributed by atoms with van der Waals surface area (Å²) in [5, 5.41) is 8.18. The van der Waals surface area contributed by atoms with Crippen molar-refractivity contribution < 1.29 is 9.53 Å². The number of hydrogen-bond donors (Lipinski definition) is 1. The van der Waals surface area contributed by atoms with Crippen molar-refractivity contribution in [2.45, 2.75) is 26.7 Å². The molecule has 0 fully saturated rings. The normalized spacial score (nSPS) is 11.0. The molecule has 2 heterocycles. The second-order valence-electron chi connectivity index (χ2n) is 6.73. The zero-order chi connectivity index (χ0) is 20.2. The number of aromatic nitrogens is 3. The number of nitrogens with zero attached hydrogens (tertiary/aromatic N) is 3. The van der Waals surface area contributed by atoms with Crippen LogP contribution in [0.5, 0.6) is 5.75 Å². The predicted octanol–water partition coefficient (Wildman–Crippen LogP) is 5.22. The Balaban J connectivity index is 1.53. The first-order chi connectivity index (χ1) is 14.1. The van der Waals surface area contributed by atoms with Gasteiger partial charge in [0, 0.05) is 11.6 Å². The fourth-order valence-corrected chi connectivity index (χ4v) is 3.84. The van der Waals surface area contributed by atoms with Gasteiger partial charge in [-0.15, -0.1) is 0 Å². The van der Waals surface area contributed by atoms with Gasteiger partial charge in [-0.3, -0.25) is 4.79 Å². The Hall–Kier alpha value is -3.19. The van der Waals surface area contributed by atoms with E-state index < -0.39 is 0 Å². The Bertz CT molecular complexity index is 1100. The highest BCUT2D eigenvalue weighted by molar-refractivity contribution is 7.20.